The summed E-state index contributed by atoms with van der Waals surface area (Å²) >= 11 is 4.85. The molecule has 1 aliphatic heterocycles. The Hall–Kier alpha value is -3.16. The Morgan fingerprint density at radius 1 is 1.06 bits per heavy atom. The van der Waals surface area contributed by atoms with E-state index >= 15 is 0 Å². The van der Waals surface area contributed by atoms with Crippen molar-refractivity contribution in [3.63, 3.8) is 0 Å². The van der Waals surface area contributed by atoms with E-state index in [1.165, 1.54) is 11.3 Å². The summed E-state index contributed by atoms with van der Waals surface area (Å²) in [6.07, 6.45) is 2.54. The van der Waals surface area contributed by atoms with E-state index in [1.54, 1.807) is 29.2 Å². The molecule has 3 heterocycles. The summed E-state index contributed by atoms with van der Waals surface area (Å²) in [6, 6.07) is 18.2. The van der Waals surface area contributed by atoms with Crippen LogP contribution < -0.4 is 0 Å². The van der Waals surface area contributed by atoms with Gasteiger partial charge in [-0.05, 0) is 41.6 Å². The Balaban J connectivity index is 1.53. The van der Waals surface area contributed by atoms with Gasteiger partial charge in [-0.2, -0.15) is 0 Å². The van der Waals surface area contributed by atoms with Gasteiger partial charge in [0.2, 0.25) is 0 Å². The fraction of sp³-hybridized carbons (Fsp3) is 0.120. The minimum Gasteiger partial charge on any atom is -0.507 e. The number of nitrogens with zero attached hydrogens (tertiary/aromatic N) is 1. The van der Waals surface area contributed by atoms with Crippen LogP contribution in [0.1, 0.15) is 22.0 Å². The summed E-state index contributed by atoms with van der Waals surface area (Å²) in [6.45, 7) is 0.367. The standard InChI is InChI=1S/C25H19BrN2O3S/c26-17-9-7-15(8-10-17)23(29)21-22(20-6-3-13-32-20)28(25(31)24(21)30)12-11-16-14-27-19-5-2-1-4-18(16)19/h1-10,13-14,22,27,29H,11-12H2/b23-21+. The third kappa shape index (κ3) is 3.57. The molecule has 4 aromatic rings. The Bertz CT molecular complexity index is 1340. The zero-order chi connectivity index (χ0) is 22.2. The van der Waals surface area contributed by atoms with Gasteiger partial charge in [0.15, 0.2) is 0 Å². The number of aromatic amines is 1. The van der Waals surface area contributed by atoms with Crippen molar-refractivity contribution >= 4 is 55.6 Å². The molecule has 5 nitrogen and oxygen atoms in total. The molecule has 0 radical (unpaired) electrons. The van der Waals surface area contributed by atoms with Crippen LogP contribution >= 0.6 is 27.3 Å². The number of likely N-dealkylation sites (tertiary alicyclic amines) is 1. The minimum absolute atomic E-state index is 0.138. The second-order valence-electron chi connectivity index (χ2n) is 7.62. The van der Waals surface area contributed by atoms with Crippen LogP contribution in [0.25, 0.3) is 16.7 Å². The number of aliphatic hydroxyl groups excluding tert-OH is 1. The third-order valence-electron chi connectivity index (χ3n) is 5.77. The molecule has 32 heavy (non-hydrogen) atoms. The number of Topliss-reactive ketones (excluding diaryl/α,β-unsaturated/α-hetero) is 1. The fourth-order valence-electron chi connectivity index (χ4n) is 4.20. The summed E-state index contributed by atoms with van der Waals surface area (Å²) in [7, 11) is 0. The molecule has 0 aliphatic carbocycles. The number of amides is 1. The Morgan fingerprint density at radius 2 is 1.84 bits per heavy atom. The summed E-state index contributed by atoms with van der Waals surface area (Å²) in [4.78, 5) is 31.8. The quantitative estimate of drug-likeness (QED) is 0.208. The van der Waals surface area contributed by atoms with E-state index in [9.17, 15) is 14.7 Å². The maximum atomic E-state index is 13.1. The summed E-state index contributed by atoms with van der Waals surface area (Å²) in [5, 5.41) is 14.1. The number of H-pyrrole nitrogens is 1. The van der Waals surface area contributed by atoms with E-state index in [0.717, 1.165) is 25.8 Å². The van der Waals surface area contributed by atoms with E-state index in [0.29, 0.717) is 18.5 Å². The molecule has 1 amide bonds. The van der Waals surface area contributed by atoms with E-state index in [1.807, 2.05) is 48.0 Å². The first kappa shape index (κ1) is 20.7. The lowest BCUT2D eigenvalue weighted by molar-refractivity contribution is -0.139. The average molecular weight is 507 g/mol. The fourth-order valence-corrected chi connectivity index (χ4v) is 5.31. The number of carbonyl (C=O) groups is 2. The molecule has 0 bridgehead atoms. The molecular weight excluding hydrogens is 488 g/mol. The molecule has 1 fully saturated rings. The Labute approximate surface area is 197 Å². The highest BCUT2D eigenvalue weighted by atomic mass is 79.9. The molecule has 2 N–H and O–H groups in total. The van der Waals surface area contributed by atoms with E-state index < -0.39 is 17.7 Å². The highest BCUT2D eigenvalue weighted by Crippen LogP contribution is 2.41. The first-order chi connectivity index (χ1) is 15.5. The molecule has 0 spiro atoms. The van der Waals surface area contributed by atoms with Crippen molar-refractivity contribution in [2.24, 2.45) is 0 Å². The van der Waals surface area contributed by atoms with E-state index in [2.05, 4.69) is 20.9 Å². The highest BCUT2D eigenvalue weighted by molar-refractivity contribution is 9.10. The number of halogens is 1. The molecule has 0 saturated carbocycles. The number of carbonyl (C=O) groups excluding carboxylic acids is 2. The van der Waals surface area contributed by atoms with Gasteiger partial charge < -0.3 is 15.0 Å². The van der Waals surface area contributed by atoms with Crippen molar-refractivity contribution in [3.05, 3.63) is 98.3 Å². The lowest BCUT2D eigenvalue weighted by Gasteiger charge is -2.24. The van der Waals surface area contributed by atoms with E-state index in [4.69, 9.17) is 0 Å². The molecule has 1 saturated heterocycles. The van der Waals surface area contributed by atoms with Gasteiger partial charge in [-0.25, -0.2) is 0 Å². The van der Waals surface area contributed by atoms with Gasteiger partial charge in [0.1, 0.15) is 5.76 Å². The molecule has 5 rings (SSSR count). The Morgan fingerprint density at radius 3 is 2.59 bits per heavy atom. The smallest absolute Gasteiger partial charge is 0.295 e. The van der Waals surface area contributed by atoms with Gasteiger partial charge in [0, 0.05) is 38.6 Å². The van der Waals surface area contributed by atoms with Crippen LogP contribution in [0.5, 0.6) is 0 Å². The van der Waals surface area contributed by atoms with Gasteiger partial charge in [-0.15, -0.1) is 11.3 Å². The normalized spacial score (nSPS) is 18.0. The zero-order valence-corrected chi connectivity index (χ0v) is 19.3. The second kappa shape index (κ2) is 8.41. The predicted octanol–water partition coefficient (Wildman–Crippen LogP) is 5.66. The first-order valence-corrected chi connectivity index (χ1v) is 11.8. The zero-order valence-electron chi connectivity index (χ0n) is 16.9. The molecule has 1 unspecified atom stereocenters. The van der Waals surface area contributed by atoms with Gasteiger partial charge in [0.25, 0.3) is 11.7 Å². The number of hydrogen-bond donors (Lipinski definition) is 2. The number of aliphatic hydroxyl groups is 1. The number of ketones is 1. The second-order valence-corrected chi connectivity index (χ2v) is 9.52. The third-order valence-corrected chi connectivity index (χ3v) is 7.22. The van der Waals surface area contributed by atoms with Crippen molar-refractivity contribution in [1.82, 2.24) is 9.88 Å². The van der Waals surface area contributed by atoms with Crippen LogP contribution in [0, 0.1) is 0 Å². The maximum Gasteiger partial charge on any atom is 0.295 e. The Kier molecular flexibility index (Phi) is 5.45. The van der Waals surface area contributed by atoms with Gasteiger partial charge >= 0.3 is 0 Å². The van der Waals surface area contributed by atoms with Crippen molar-refractivity contribution in [3.8, 4) is 0 Å². The predicted molar refractivity (Wildman–Crippen MR) is 129 cm³/mol. The van der Waals surface area contributed by atoms with Crippen LogP contribution in [0.2, 0.25) is 0 Å². The minimum atomic E-state index is -0.650. The number of para-hydroxylation sites is 1. The maximum absolute atomic E-state index is 13.1. The summed E-state index contributed by atoms with van der Waals surface area (Å²) in [5.74, 6) is -1.38. The van der Waals surface area contributed by atoms with Gasteiger partial charge in [-0.3, -0.25) is 9.59 Å². The van der Waals surface area contributed by atoms with Crippen LogP contribution in [0.15, 0.2) is 82.3 Å². The molecule has 1 aliphatic rings. The molecule has 160 valence electrons. The largest absolute Gasteiger partial charge is 0.507 e. The average Bonchev–Trinajstić information content (AvgIpc) is 3.52. The molecule has 2 aromatic carbocycles. The van der Waals surface area contributed by atoms with E-state index in [-0.39, 0.29) is 11.3 Å². The number of fused-ring (bicyclic) bond motifs is 1. The number of hydrogen-bond acceptors (Lipinski definition) is 4. The van der Waals surface area contributed by atoms with Gasteiger partial charge in [0.05, 0.1) is 11.6 Å². The number of thiophene rings is 1. The SMILES string of the molecule is O=C1C(=O)N(CCc2c[nH]c3ccccc23)C(c2cccs2)/C1=C(\O)c1ccc(Br)cc1. The lowest BCUT2D eigenvalue weighted by Crippen LogP contribution is -2.31. The molecule has 1 atom stereocenters. The van der Waals surface area contributed by atoms with Crippen LogP contribution in [0.4, 0.5) is 0 Å². The summed E-state index contributed by atoms with van der Waals surface area (Å²) < 4.78 is 0.864. The number of nitrogens with one attached hydrogen (secondary N) is 1. The van der Waals surface area contributed by atoms with Crippen LogP contribution in [-0.2, 0) is 16.0 Å². The van der Waals surface area contributed by atoms with Crippen molar-refractivity contribution in [2.75, 3.05) is 6.54 Å². The number of rotatable bonds is 5. The molecule has 2 aromatic heterocycles. The summed E-state index contributed by atoms with van der Waals surface area (Å²) in [5.41, 5.74) is 2.76. The topological polar surface area (TPSA) is 73.4 Å². The molecule has 7 heteroatoms. The number of aromatic nitrogens is 1. The van der Waals surface area contributed by atoms with Crippen molar-refractivity contribution in [1.29, 1.82) is 0 Å². The number of benzene rings is 2. The van der Waals surface area contributed by atoms with Gasteiger partial charge in [-0.1, -0.05) is 52.3 Å². The lowest BCUT2D eigenvalue weighted by atomic mass is 10.00. The highest BCUT2D eigenvalue weighted by Gasteiger charge is 2.46. The van der Waals surface area contributed by atoms with Crippen molar-refractivity contribution < 1.29 is 14.7 Å². The molecular formula is C25H19BrN2O3S. The van der Waals surface area contributed by atoms with Crippen molar-refractivity contribution in [2.45, 2.75) is 12.5 Å². The van der Waals surface area contributed by atoms with Crippen LogP contribution in [0.3, 0.4) is 0 Å². The monoisotopic (exact) mass is 506 g/mol. The first-order valence-electron chi connectivity index (χ1n) is 10.2. The van der Waals surface area contributed by atoms with Crippen LogP contribution in [-0.4, -0.2) is 33.2 Å².